The fraction of sp³-hybridized carbons (Fsp3) is 0. The maximum atomic E-state index is 5.39. The largest absolute Gasteiger partial charge is 0.309 e. The lowest BCUT2D eigenvalue weighted by Gasteiger charge is -2.18. The van der Waals surface area contributed by atoms with Gasteiger partial charge in [0.2, 0.25) is 0 Å². The molecule has 4 nitrogen and oxygen atoms in total. The van der Waals surface area contributed by atoms with Crippen LogP contribution in [-0.4, -0.2) is 19.5 Å². The molecule has 3 aromatic heterocycles. The van der Waals surface area contributed by atoms with E-state index in [1.807, 2.05) is 12.4 Å². The first-order valence-corrected chi connectivity index (χ1v) is 20.7. The van der Waals surface area contributed by atoms with Crippen LogP contribution in [-0.2, 0) is 0 Å². The van der Waals surface area contributed by atoms with Gasteiger partial charge in [-0.2, -0.15) is 0 Å². The topological polar surface area (TPSA) is 43.6 Å². The zero-order chi connectivity index (χ0) is 40.3. The third kappa shape index (κ3) is 5.88. The summed E-state index contributed by atoms with van der Waals surface area (Å²) in [7, 11) is 0. The van der Waals surface area contributed by atoms with Crippen molar-refractivity contribution in [1.29, 1.82) is 0 Å². The van der Waals surface area contributed by atoms with Crippen LogP contribution in [0, 0.1) is 0 Å². The first-order valence-electron chi connectivity index (χ1n) is 20.7. The average Bonchev–Trinajstić information content (AvgIpc) is 3.67. The smallest absolute Gasteiger partial charge is 0.160 e. The molecule has 0 unspecified atom stereocenters. The number of pyridine rings is 1. The maximum absolute atomic E-state index is 5.39. The van der Waals surface area contributed by atoms with Gasteiger partial charge in [0.25, 0.3) is 0 Å². The number of para-hydroxylation sites is 1. The second kappa shape index (κ2) is 14.3. The number of hydrogen-bond acceptors (Lipinski definition) is 3. The SMILES string of the molecule is c1ccc(-c2c3ccccc3c(-c3cccc(-c4nc(-c5ccc6ccccc6c5)cc(-c5ccc6c(c5)c5cnccc5n6-c5ccccc5)n4)c3)c3ccccc23)cc1. The standard InChI is InChI=1S/C57H36N4/c1-3-15-38(16-4-1)55-45-22-9-11-24-47(45)56(48-25-12-10-23-46(48)55)42-18-13-19-43(33-42)57-59-51(40-27-26-37-14-7-8-17-39(37)32-40)35-52(60-57)41-28-29-53-49(34-41)50-36-58-31-30-54(50)61(53)44-20-5-2-6-21-44/h1-36H. The Morgan fingerprint density at radius 1 is 0.328 bits per heavy atom. The molecule has 0 bridgehead atoms. The van der Waals surface area contributed by atoms with E-state index in [1.54, 1.807) is 0 Å². The van der Waals surface area contributed by atoms with Gasteiger partial charge in [0.15, 0.2) is 5.82 Å². The number of fused-ring (bicyclic) bond motifs is 6. The summed E-state index contributed by atoms with van der Waals surface area (Å²) in [5, 5.41) is 9.45. The molecule has 3 heterocycles. The highest BCUT2D eigenvalue weighted by molar-refractivity contribution is 6.21. The van der Waals surface area contributed by atoms with Crippen molar-refractivity contribution >= 4 is 54.1 Å². The van der Waals surface area contributed by atoms with Gasteiger partial charge in [-0.3, -0.25) is 4.98 Å². The highest BCUT2D eigenvalue weighted by Crippen LogP contribution is 2.44. The summed E-state index contributed by atoms with van der Waals surface area (Å²) in [4.78, 5) is 15.3. The normalized spacial score (nSPS) is 11.6. The molecule has 0 aliphatic heterocycles. The molecule has 0 N–H and O–H groups in total. The third-order valence-corrected chi connectivity index (χ3v) is 12.1. The van der Waals surface area contributed by atoms with Crippen molar-refractivity contribution in [1.82, 2.24) is 19.5 Å². The molecule has 0 atom stereocenters. The Balaban J connectivity index is 1.07. The summed E-state index contributed by atoms with van der Waals surface area (Å²) >= 11 is 0. The van der Waals surface area contributed by atoms with Gasteiger partial charge in [0, 0.05) is 45.5 Å². The lowest BCUT2D eigenvalue weighted by Crippen LogP contribution is -1.97. The molecule has 0 saturated carbocycles. The quantitative estimate of drug-likeness (QED) is 0.158. The Hall–Kier alpha value is -8.21. The van der Waals surface area contributed by atoms with Gasteiger partial charge in [-0.05, 0) is 103 Å². The van der Waals surface area contributed by atoms with Crippen LogP contribution in [0.2, 0.25) is 0 Å². The van der Waals surface area contributed by atoms with Gasteiger partial charge in [0.05, 0.1) is 22.4 Å². The van der Waals surface area contributed by atoms with E-state index >= 15 is 0 Å². The predicted octanol–water partition coefficient (Wildman–Crippen LogP) is 14.8. The van der Waals surface area contributed by atoms with Crippen LogP contribution in [0.3, 0.4) is 0 Å². The van der Waals surface area contributed by atoms with Crippen LogP contribution in [0.4, 0.5) is 0 Å². The van der Waals surface area contributed by atoms with E-state index in [1.165, 1.54) is 49.0 Å². The van der Waals surface area contributed by atoms with E-state index in [0.29, 0.717) is 5.82 Å². The van der Waals surface area contributed by atoms with Crippen LogP contribution < -0.4 is 0 Å². The van der Waals surface area contributed by atoms with Gasteiger partial charge < -0.3 is 4.57 Å². The van der Waals surface area contributed by atoms with Crippen molar-refractivity contribution < 1.29 is 0 Å². The van der Waals surface area contributed by atoms with Crippen molar-refractivity contribution in [2.24, 2.45) is 0 Å². The number of benzene rings is 9. The first-order chi connectivity index (χ1) is 30.2. The number of nitrogens with zero attached hydrogens (tertiary/aromatic N) is 4. The maximum Gasteiger partial charge on any atom is 0.160 e. The minimum atomic E-state index is 0.672. The molecule has 12 rings (SSSR count). The fourth-order valence-electron chi connectivity index (χ4n) is 9.27. The number of rotatable bonds is 6. The van der Waals surface area contributed by atoms with Crippen molar-refractivity contribution in [3.63, 3.8) is 0 Å². The first kappa shape index (κ1) is 34.8. The summed E-state index contributed by atoms with van der Waals surface area (Å²) in [6.45, 7) is 0. The van der Waals surface area contributed by atoms with Gasteiger partial charge in [-0.1, -0.05) is 158 Å². The molecule has 4 heteroatoms. The Morgan fingerprint density at radius 3 is 1.61 bits per heavy atom. The molecule has 0 aliphatic carbocycles. The second-order valence-electron chi connectivity index (χ2n) is 15.6. The predicted molar refractivity (Wildman–Crippen MR) is 254 cm³/mol. The monoisotopic (exact) mass is 776 g/mol. The summed E-state index contributed by atoms with van der Waals surface area (Å²) in [5.74, 6) is 0.672. The molecule has 0 aliphatic rings. The van der Waals surface area contributed by atoms with E-state index in [0.717, 1.165) is 61.1 Å². The van der Waals surface area contributed by atoms with Gasteiger partial charge in [-0.15, -0.1) is 0 Å². The molecule has 0 saturated heterocycles. The fourth-order valence-corrected chi connectivity index (χ4v) is 9.27. The minimum absolute atomic E-state index is 0.672. The van der Waals surface area contributed by atoms with E-state index in [2.05, 4.69) is 216 Å². The van der Waals surface area contributed by atoms with Crippen molar-refractivity contribution in [3.05, 3.63) is 219 Å². The van der Waals surface area contributed by atoms with Crippen molar-refractivity contribution in [3.8, 4) is 61.8 Å². The molecule has 0 spiro atoms. The van der Waals surface area contributed by atoms with Crippen LogP contribution >= 0.6 is 0 Å². The van der Waals surface area contributed by atoms with E-state index in [-0.39, 0.29) is 0 Å². The summed E-state index contributed by atoms with van der Waals surface area (Å²) in [5.41, 5.74) is 12.9. The third-order valence-electron chi connectivity index (χ3n) is 12.1. The zero-order valence-electron chi connectivity index (χ0n) is 33.1. The average molecular weight is 777 g/mol. The molecule has 0 fully saturated rings. The van der Waals surface area contributed by atoms with Crippen molar-refractivity contribution in [2.45, 2.75) is 0 Å². The van der Waals surface area contributed by atoms with E-state index in [9.17, 15) is 0 Å². The number of aromatic nitrogens is 4. The lowest BCUT2D eigenvalue weighted by molar-refractivity contribution is 1.17. The summed E-state index contributed by atoms with van der Waals surface area (Å²) in [6.07, 6.45) is 3.84. The Labute approximate surface area is 352 Å². The summed E-state index contributed by atoms with van der Waals surface area (Å²) < 4.78 is 2.31. The van der Waals surface area contributed by atoms with Gasteiger partial charge in [0.1, 0.15) is 0 Å². The Kier molecular flexibility index (Phi) is 8.13. The molecule has 284 valence electrons. The number of hydrogen-bond donors (Lipinski definition) is 0. The molecule has 0 radical (unpaired) electrons. The van der Waals surface area contributed by atoms with Crippen LogP contribution in [0.15, 0.2) is 219 Å². The minimum Gasteiger partial charge on any atom is -0.309 e. The van der Waals surface area contributed by atoms with Crippen LogP contribution in [0.5, 0.6) is 0 Å². The van der Waals surface area contributed by atoms with Crippen molar-refractivity contribution in [2.75, 3.05) is 0 Å². The Bertz CT molecular complexity index is 3590. The van der Waals surface area contributed by atoms with Crippen LogP contribution in [0.25, 0.3) is 116 Å². The van der Waals surface area contributed by atoms with Gasteiger partial charge in [-0.25, -0.2) is 9.97 Å². The second-order valence-corrected chi connectivity index (χ2v) is 15.6. The molecule has 61 heavy (non-hydrogen) atoms. The van der Waals surface area contributed by atoms with E-state index in [4.69, 9.17) is 9.97 Å². The van der Waals surface area contributed by atoms with Gasteiger partial charge >= 0.3 is 0 Å². The molecule has 12 aromatic rings. The Morgan fingerprint density at radius 2 is 0.885 bits per heavy atom. The summed E-state index contributed by atoms with van der Waals surface area (Å²) in [6, 6.07) is 73.6. The molecular weight excluding hydrogens is 741 g/mol. The molecule has 0 amide bonds. The highest BCUT2D eigenvalue weighted by atomic mass is 15.0. The van der Waals surface area contributed by atoms with Crippen LogP contribution in [0.1, 0.15) is 0 Å². The highest BCUT2D eigenvalue weighted by Gasteiger charge is 2.19. The molecular formula is C57H36N4. The van der Waals surface area contributed by atoms with E-state index < -0.39 is 0 Å². The zero-order valence-corrected chi connectivity index (χ0v) is 33.1. The molecule has 9 aromatic carbocycles. The lowest BCUT2D eigenvalue weighted by atomic mass is 9.85.